The zero-order chi connectivity index (χ0) is 17.2. The molecular formula is C19H17F3N2. The summed E-state index contributed by atoms with van der Waals surface area (Å²) in [6, 6.07) is 15.3. The van der Waals surface area contributed by atoms with Crippen LogP contribution in [0.3, 0.4) is 0 Å². The molecule has 24 heavy (non-hydrogen) atoms. The lowest BCUT2D eigenvalue weighted by atomic mass is 10.1. The first-order valence-corrected chi connectivity index (χ1v) is 7.87. The normalized spacial score (nSPS) is 14.2. The second kappa shape index (κ2) is 6.56. The first-order chi connectivity index (χ1) is 11.5. The van der Waals surface area contributed by atoms with Gasteiger partial charge in [-0.2, -0.15) is 18.4 Å². The number of alkyl halides is 3. The minimum atomic E-state index is -4.53. The SMILES string of the molecule is N#Cc1ccc(N(Cc2ccccc2)CC2CC2)cc1C(F)(F)F. The molecule has 5 heteroatoms. The van der Waals surface area contributed by atoms with E-state index >= 15 is 0 Å². The number of halogens is 3. The van der Waals surface area contributed by atoms with E-state index in [0.717, 1.165) is 31.0 Å². The maximum atomic E-state index is 13.2. The number of nitrogens with zero attached hydrogens (tertiary/aromatic N) is 2. The molecule has 2 aromatic rings. The Morgan fingerprint density at radius 1 is 1.08 bits per heavy atom. The summed E-state index contributed by atoms with van der Waals surface area (Å²) in [5, 5.41) is 8.94. The van der Waals surface area contributed by atoms with Crippen molar-refractivity contribution < 1.29 is 13.2 Å². The predicted octanol–water partition coefficient (Wildman–Crippen LogP) is 4.99. The lowest BCUT2D eigenvalue weighted by molar-refractivity contribution is -0.137. The van der Waals surface area contributed by atoms with Crippen LogP contribution < -0.4 is 4.90 Å². The number of nitriles is 1. The van der Waals surface area contributed by atoms with Crippen LogP contribution in [-0.4, -0.2) is 6.54 Å². The van der Waals surface area contributed by atoms with Gasteiger partial charge in [-0.25, -0.2) is 0 Å². The van der Waals surface area contributed by atoms with Crippen molar-refractivity contribution in [3.63, 3.8) is 0 Å². The van der Waals surface area contributed by atoms with Gasteiger partial charge in [0.15, 0.2) is 0 Å². The molecule has 1 aliphatic carbocycles. The number of benzene rings is 2. The molecule has 1 fully saturated rings. The van der Waals surface area contributed by atoms with Crippen molar-refractivity contribution in [1.82, 2.24) is 0 Å². The number of rotatable bonds is 5. The van der Waals surface area contributed by atoms with Crippen molar-refractivity contribution in [2.45, 2.75) is 25.6 Å². The highest BCUT2D eigenvalue weighted by molar-refractivity contribution is 5.55. The van der Waals surface area contributed by atoms with Crippen molar-refractivity contribution in [3.05, 3.63) is 65.2 Å². The molecule has 0 bridgehead atoms. The third-order valence-electron chi connectivity index (χ3n) is 4.19. The maximum Gasteiger partial charge on any atom is 0.417 e. The van der Waals surface area contributed by atoms with E-state index in [9.17, 15) is 13.2 Å². The highest BCUT2D eigenvalue weighted by atomic mass is 19.4. The Bertz CT molecular complexity index is 743. The van der Waals surface area contributed by atoms with Gasteiger partial charge < -0.3 is 4.90 Å². The monoisotopic (exact) mass is 330 g/mol. The summed E-state index contributed by atoms with van der Waals surface area (Å²) in [5.41, 5.74) is 0.363. The van der Waals surface area contributed by atoms with Gasteiger partial charge in [0.25, 0.3) is 0 Å². The molecule has 0 atom stereocenters. The van der Waals surface area contributed by atoms with Crippen LogP contribution in [0.1, 0.15) is 29.5 Å². The van der Waals surface area contributed by atoms with Gasteiger partial charge in [-0.15, -0.1) is 0 Å². The minimum absolute atomic E-state index is 0.336. The maximum absolute atomic E-state index is 13.2. The Morgan fingerprint density at radius 3 is 2.38 bits per heavy atom. The van der Waals surface area contributed by atoms with Crippen LogP contribution >= 0.6 is 0 Å². The summed E-state index contributed by atoms with van der Waals surface area (Å²) in [6.07, 6.45) is -2.29. The molecular weight excluding hydrogens is 313 g/mol. The second-order valence-electron chi connectivity index (χ2n) is 6.15. The predicted molar refractivity (Wildman–Crippen MR) is 86.4 cm³/mol. The molecule has 0 spiro atoms. The highest BCUT2D eigenvalue weighted by Crippen LogP contribution is 2.36. The number of hydrogen-bond acceptors (Lipinski definition) is 2. The Labute approximate surface area is 139 Å². The fraction of sp³-hybridized carbons (Fsp3) is 0.316. The van der Waals surface area contributed by atoms with Crippen LogP contribution in [-0.2, 0) is 12.7 Å². The molecule has 1 saturated carbocycles. The molecule has 2 aromatic carbocycles. The Kier molecular flexibility index (Phi) is 4.48. The van der Waals surface area contributed by atoms with E-state index in [1.807, 2.05) is 35.2 Å². The van der Waals surface area contributed by atoms with Crippen molar-refractivity contribution in [2.24, 2.45) is 5.92 Å². The zero-order valence-corrected chi connectivity index (χ0v) is 13.1. The van der Waals surface area contributed by atoms with Crippen molar-refractivity contribution in [2.75, 3.05) is 11.4 Å². The molecule has 0 aliphatic heterocycles. The van der Waals surface area contributed by atoms with Crippen molar-refractivity contribution in [3.8, 4) is 6.07 Å². The first-order valence-electron chi connectivity index (χ1n) is 7.87. The van der Waals surface area contributed by atoms with Crippen LogP contribution in [0.2, 0.25) is 0 Å². The molecule has 0 unspecified atom stereocenters. The van der Waals surface area contributed by atoms with Crippen LogP contribution in [0, 0.1) is 17.2 Å². The summed E-state index contributed by atoms with van der Waals surface area (Å²) in [4.78, 5) is 1.98. The Morgan fingerprint density at radius 2 is 1.79 bits per heavy atom. The van der Waals surface area contributed by atoms with E-state index in [-0.39, 0.29) is 5.56 Å². The zero-order valence-electron chi connectivity index (χ0n) is 13.1. The van der Waals surface area contributed by atoms with Crippen LogP contribution in [0.5, 0.6) is 0 Å². The standard InChI is InChI=1S/C19H17F3N2/c20-19(21,22)18-10-17(9-8-16(18)11-23)24(13-15-6-7-15)12-14-4-2-1-3-5-14/h1-5,8-10,15H,6-7,12-13H2. The summed E-state index contributed by atoms with van der Waals surface area (Å²) in [6.45, 7) is 1.29. The number of anilines is 1. The van der Waals surface area contributed by atoms with Gasteiger partial charge in [0.2, 0.25) is 0 Å². The molecule has 3 rings (SSSR count). The molecule has 0 N–H and O–H groups in total. The van der Waals surface area contributed by atoms with Gasteiger partial charge in [0.05, 0.1) is 17.2 Å². The summed E-state index contributed by atoms with van der Waals surface area (Å²) >= 11 is 0. The molecule has 0 amide bonds. The molecule has 0 radical (unpaired) electrons. The average Bonchev–Trinajstić information content (AvgIpc) is 3.38. The van der Waals surface area contributed by atoms with E-state index in [4.69, 9.17) is 5.26 Å². The molecule has 1 aliphatic rings. The van der Waals surface area contributed by atoms with Crippen molar-refractivity contribution >= 4 is 5.69 Å². The molecule has 0 saturated heterocycles. The fourth-order valence-electron chi connectivity index (χ4n) is 2.74. The fourth-order valence-corrected chi connectivity index (χ4v) is 2.74. The van der Waals surface area contributed by atoms with E-state index in [0.29, 0.717) is 18.2 Å². The van der Waals surface area contributed by atoms with Gasteiger partial charge >= 0.3 is 6.18 Å². The van der Waals surface area contributed by atoms with E-state index in [2.05, 4.69) is 0 Å². The Balaban J connectivity index is 1.93. The summed E-state index contributed by atoms with van der Waals surface area (Å²) < 4.78 is 39.6. The third-order valence-corrected chi connectivity index (χ3v) is 4.19. The molecule has 2 nitrogen and oxygen atoms in total. The van der Waals surface area contributed by atoms with Crippen LogP contribution in [0.25, 0.3) is 0 Å². The van der Waals surface area contributed by atoms with Gasteiger partial charge in [-0.05, 0) is 42.5 Å². The average molecular weight is 330 g/mol. The first kappa shape index (κ1) is 16.4. The van der Waals surface area contributed by atoms with Gasteiger partial charge in [0, 0.05) is 18.8 Å². The van der Waals surface area contributed by atoms with Gasteiger partial charge in [-0.3, -0.25) is 0 Å². The van der Waals surface area contributed by atoms with Gasteiger partial charge in [-0.1, -0.05) is 30.3 Å². The molecule has 0 aromatic heterocycles. The lowest BCUT2D eigenvalue weighted by Crippen LogP contribution is -2.25. The molecule has 124 valence electrons. The minimum Gasteiger partial charge on any atom is -0.367 e. The van der Waals surface area contributed by atoms with Crippen molar-refractivity contribution in [1.29, 1.82) is 5.26 Å². The largest absolute Gasteiger partial charge is 0.417 e. The highest BCUT2D eigenvalue weighted by Gasteiger charge is 2.34. The summed E-state index contributed by atoms with van der Waals surface area (Å²) in [7, 11) is 0. The Hall–Kier alpha value is -2.48. The van der Waals surface area contributed by atoms with E-state index in [1.54, 1.807) is 12.1 Å². The second-order valence-corrected chi connectivity index (χ2v) is 6.15. The topological polar surface area (TPSA) is 27.0 Å². The lowest BCUT2D eigenvalue weighted by Gasteiger charge is -2.26. The summed E-state index contributed by atoms with van der Waals surface area (Å²) in [5.74, 6) is 0.540. The van der Waals surface area contributed by atoms with E-state index < -0.39 is 11.7 Å². The van der Waals surface area contributed by atoms with Crippen LogP contribution in [0.4, 0.5) is 18.9 Å². The van der Waals surface area contributed by atoms with E-state index in [1.165, 1.54) is 6.07 Å². The quantitative estimate of drug-likeness (QED) is 0.772. The third kappa shape index (κ3) is 3.88. The number of hydrogen-bond donors (Lipinski definition) is 0. The smallest absolute Gasteiger partial charge is 0.367 e. The van der Waals surface area contributed by atoms with Crippen LogP contribution in [0.15, 0.2) is 48.5 Å². The van der Waals surface area contributed by atoms with Gasteiger partial charge in [0.1, 0.15) is 0 Å². The molecule has 0 heterocycles.